The van der Waals surface area contributed by atoms with E-state index in [1.54, 1.807) is 6.92 Å². The Bertz CT molecular complexity index is 686. The third kappa shape index (κ3) is 2.75. The highest BCUT2D eigenvalue weighted by Crippen LogP contribution is 2.51. The molecule has 1 aromatic rings. The lowest BCUT2D eigenvalue weighted by Crippen LogP contribution is -2.70. The van der Waals surface area contributed by atoms with Gasteiger partial charge in [0.1, 0.15) is 17.5 Å². The molecule has 0 aliphatic carbocycles. The van der Waals surface area contributed by atoms with Crippen LogP contribution in [0.1, 0.15) is 12.5 Å². The molecule has 3 unspecified atom stereocenters. The fourth-order valence-corrected chi connectivity index (χ4v) is 5.10. The summed E-state index contributed by atoms with van der Waals surface area (Å²) in [7, 11) is 0. The Morgan fingerprint density at radius 3 is 2.62 bits per heavy atom. The van der Waals surface area contributed by atoms with Crippen LogP contribution >= 0.6 is 23.4 Å². The third-order valence-electron chi connectivity index (χ3n) is 4.35. The summed E-state index contributed by atoms with van der Waals surface area (Å²) >= 11 is 7.28. The number of carboxylic acid groups (broad SMARTS) is 1. The van der Waals surface area contributed by atoms with E-state index in [1.807, 2.05) is 30.3 Å². The second-order valence-corrected chi connectivity index (χ2v) is 8.07. The van der Waals surface area contributed by atoms with E-state index in [4.69, 9.17) is 11.6 Å². The summed E-state index contributed by atoms with van der Waals surface area (Å²) in [6.45, 7) is 1.73. The van der Waals surface area contributed by atoms with Crippen molar-refractivity contribution in [3.63, 3.8) is 0 Å². The molecular weight excluding hydrogens is 352 g/mol. The van der Waals surface area contributed by atoms with Crippen molar-refractivity contribution in [2.75, 3.05) is 5.88 Å². The third-order valence-corrected chi connectivity index (χ3v) is 6.71. The van der Waals surface area contributed by atoms with Gasteiger partial charge in [-0.15, -0.1) is 23.4 Å². The highest BCUT2D eigenvalue weighted by molar-refractivity contribution is 8.01. The molecule has 128 valence electrons. The molecule has 0 saturated carbocycles. The van der Waals surface area contributed by atoms with Crippen molar-refractivity contribution in [3.05, 3.63) is 35.9 Å². The van der Waals surface area contributed by atoms with E-state index in [2.05, 4.69) is 5.32 Å². The van der Waals surface area contributed by atoms with Crippen LogP contribution in [0.2, 0.25) is 0 Å². The molecule has 0 radical (unpaired) electrons. The fraction of sp³-hybridized carbons (Fsp3) is 0.438. The number of fused-ring (bicyclic) bond motifs is 1. The Balaban J connectivity index is 1.69. The van der Waals surface area contributed by atoms with Crippen LogP contribution in [0, 0.1) is 0 Å². The summed E-state index contributed by atoms with van der Waals surface area (Å²) in [5.41, 5.74) is 0.853. The second-order valence-electron chi connectivity index (χ2n) is 6.15. The van der Waals surface area contributed by atoms with E-state index < -0.39 is 22.8 Å². The average Bonchev–Trinajstić information content (AvgIpc) is 2.84. The molecule has 0 aromatic heterocycles. The molecule has 2 aliphatic heterocycles. The molecule has 8 heteroatoms. The van der Waals surface area contributed by atoms with Crippen LogP contribution in [-0.4, -0.2) is 55.9 Å². The summed E-state index contributed by atoms with van der Waals surface area (Å²) < 4.78 is -0.771. The van der Waals surface area contributed by atoms with Crippen molar-refractivity contribution in [2.24, 2.45) is 0 Å². The lowest BCUT2D eigenvalue weighted by atomic mass is 9.95. The first-order valence-corrected chi connectivity index (χ1v) is 8.91. The van der Waals surface area contributed by atoms with Gasteiger partial charge in [-0.05, 0) is 12.5 Å². The van der Waals surface area contributed by atoms with E-state index in [1.165, 1.54) is 16.7 Å². The minimum atomic E-state index is -1.07. The number of nitrogens with one attached hydrogen (secondary N) is 1. The van der Waals surface area contributed by atoms with Gasteiger partial charge in [0, 0.05) is 5.88 Å². The van der Waals surface area contributed by atoms with E-state index >= 15 is 0 Å². The molecule has 2 fully saturated rings. The number of hydrogen-bond acceptors (Lipinski definition) is 4. The number of nitrogens with zero attached hydrogens (tertiary/aromatic N) is 1. The number of carboxylic acids is 1. The van der Waals surface area contributed by atoms with Gasteiger partial charge in [-0.1, -0.05) is 30.3 Å². The topological polar surface area (TPSA) is 86.7 Å². The number of alkyl halides is 1. The molecule has 2 N–H and O–H groups in total. The Kier molecular flexibility index (Phi) is 4.48. The Hall–Kier alpha value is -1.73. The number of benzene rings is 1. The van der Waals surface area contributed by atoms with Gasteiger partial charge in [0.25, 0.3) is 0 Å². The summed E-state index contributed by atoms with van der Waals surface area (Å²) in [6.07, 6.45) is 0.178. The van der Waals surface area contributed by atoms with Gasteiger partial charge in [0.05, 0.1) is 11.2 Å². The highest BCUT2D eigenvalue weighted by atomic mass is 35.5. The lowest BCUT2D eigenvalue weighted by Gasteiger charge is -2.43. The summed E-state index contributed by atoms with van der Waals surface area (Å²) in [5.74, 6) is -1.59. The maximum Gasteiger partial charge on any atom is 0.327 e. The number of aliphatic carboxylic acids is 1. The van der Waals surface area contributed by atoms with Crippen LogP contribution in [0.25, 0.3) is 0 Å². The molecule has 2 heterocycles. The predicted octanol–water partition coefficient (Wildman–Crippen LogP) is 1.08. The summed E-state index contributed by atoms with van der Waals surface area (Å²) in [6, 6.07) is 7.55. The van der Waals surface area contributed by atoms with Gasteiger partial charge in [-0.3, -0.25) is 9.59 Å². The smallest absolute Gasteiger partial charge is 0.327 e. The van der Waals surface area contributed by atoms with Gasteiger partial charge >= 0.3 is 5.97 Å². The number of carbonyl (C=O) groups excluding carboxylic acids is 2. The number of β-lactam (4-membered cyclic amide) rings is 1. The molecule has 3 rings (SSSR count). The first kappa shape index (κ1) is 17.1. The number of halogens is 1. The van der Waals surface area contributed by atoms with Gasteiger partial charge in [0.15, 0.2) is 0 Å². The Labute approximate surface area is 148 Å². The molecular formula is C16H17ClN2O4S. The highest BCUT2D eigenvalue weighted by Gasteiger charge is 2.65. The number of rotatable bonds is 5. The predicted molar refractivity (Wildman–Crippen MR) is 90.9 cm³/mol. The number of hydrogen-bond donors (Lipinski definition) is 2. The Morgan fingerprint density at radius 1 is 1.38 bits per heavy atom. The van der Waals surface area contributed by atoms with Crippen molar-refractivity contribution >= 4 is 41.1 Å². The zero-order valence-corrected chi connectivity index (χ0v) is 14.5. The summed E-state index contributed by atoms with van der Waals surface area (Å²) in [4.78, 5) is 37.4. The largest absolute Gasteiger partial charge is 0.480 e. The number of thioether (sulfide) groups is 1. The number of amides is 2. The van der Waals surface area contributed by atoms with Crippen LogP contribution in [0.4, 0.5) is 0 Å². The molecule has 4 atom stereocenters. The monoisotopic (exact) mass is 368 g/mol. The van der Waals surface area contributed by atoms with Crippen LogP contribution in [0.5, 0.6) is 0 Å². The minimum Gasteiger partial charge on any atom is -0.480 e. The first-order valence-electron chi connectivity index (χ1n) is 7.49. The van der Waals surface area contributed by atoms with Gasteiger partial charge < -0.3 is 15.3 Å². The SMILES string of the molecule is CC1(CCl)S[C@H]2C(NC(=O)Cc3ccccc3)C(=O)N2C1C(=O)O. The molecule has 0 spiro atoms. The van der Waals surface area contributed by atoms with Crippen LogP contribution in [0.15, 0.2) is 30.3 Å². The van der Waals surface area contributed by atoms with Gasteiger partial charge in [-0.2, -0.15) is 0 Å². The molecule has 2 amide bonds. The quantitative estimate of drug-likeness (QED) is 0.600. The molecule has 0 bridgehead atoms. The molecule has 1 aromatic carbocycles. The van der Waals surface area contributed by atoms with E-state index in [0.29, 0.717) is 0 Å². The normalized spacial score (nSPS) is 31.3. The average molecular weight is 369 g/mol. The maximum atomic E-state index is 12.3. The van der Waals surface area contributed by atoms with Crippen molar-refractivity contribution in [3.8, 4) is 0 Å². The minimum absolute atomic E-state index is 0.111. The molecule has 2 saturated heterocycles. The standard InChI is InChI=1S/C16H17ClN2O4S/c1-16(8-17)12(15(22)23)19-13(21)11(14(19)24-16)18-10(20)7-9-5-3-2-4-6-9/h2-6,11-12,14H,7-8H2,1H3,(H,18,20)(H,22,23)/t11?,12?,14-,16?/m0/s1. The van der Waals surface area contributed by atoms with Crippen LogP contribution in [-0.2, 0) is 20.8 Å². The van der Waals surface area contributed by atoms with Crippen molar-refractivity contribution in [1.82, 2.24) is 10.2 Å². The van der Waals surface area contributed by atoms with Gasteiger partial charge in [-0.25, -0.2) is 4.79 Å². The molecule has 2 aliphatic rings. The van der Waals surface area contributed by atoms with Crippen molar-refractivity contribution in [1.29, 1.82) is 0 Å². The molecule has 24 heavy (non-hydrogen) atoms. The second kappa shape index (κ2) is 6.29. The first-order chi connectivity index (χ1) is 11.4. The van der Waals surface area contributed by atoms with Crippen molar-refractivity contribution in [2.45, 2.75) is 35.5 Å². The number of carbonyl (C=O) groups is 3. The van der Waals surface area contributed by atoms with Crippen LogP contribution in [0.3, 0.4) is 0 Å². The summed E-state index contributed by atoms with van der Waals surface area (Å²) in [5, 5.41) is 11.8. The zero-order valence-electron chi connectivity index (χ0n) is 12.9. The van der Waals surface area contributed by atoms with E-state index in [0.717, 1.165) is 5.56 Å². The van der Waals surface area contributed by atoms with E-state index in [9.17, 15) is 19.5 Å². The fourth-order valence-electron chi connectivity index (χ4n) is 3.14. The van der Waals surface area contributed by atoms with E-state index in [-0.39, 0.29) is 29.5 Å². The van der Waals surface area contributed by atoms with Crippen molar-refractivity contribution < 1.29 is 19.5 Å². The maximum absolute atomic E-state index is 12.3. The molecule has 6 nitrogen and oxygen atoms in total. The van der Waals surface area contributed by atoms with Gasteiger partial charge in [0.2, 0.25) is 11.8 Å². The Morgan fingerprint density at radius 2 is 2.04 bits per heavy atom. The zero-order chi connectivity index (χ0) is 17.5. The van der Waals surface area contributed by atoms with Crippen LogP contribution < -0.4 is 5.32 Å². The lowest BCUT2D eigenvalue weighted by molar-refractivity contribution is -0.161.